The lowest BCUT2D eigenvalue weighted by molar-refractivity contribution is 0.327. The minimum Gasteiger partial charge on any atom is -0.477 e. The van der Waals surface area contributed by atoms with Gasteiger partial charge >= 0.3 is 0 Å². The Hall–Kier alpha value is -3.78. The SMILES string of the molecule is CCOc1nc2nc(-c3ccccn3)ccc2c(-c2ccccc2)c1C#N. The molecule has 0 spiro atoms. The minimum atomic E-state index is 0.303. The fourth-order valence-electron chi connectivity index (χ4n) is 3.03. The van der Waals surface area contributed by atoms with Gasteiger partial charge in [0.1, 0.15) is 11.6 Å². The van der Waals surface area contributed by atoms with Crippen LogP contribution in [-0.4, -0.2) is 21.6 Å². The standard InChI is InChI=1S/C22H16N4O/c1-2-27-22-17(14-23)20(15-8-4-3-5-9-15)16-11-12-19(25-21(16)26-22)18-10-6-7-13-24-18/h3-13H,2H2,1H3. The summed E-state index contributed by atoms with van der Waals surface area (Å²) in [6.07, 6.45) is 1.73. The third kappa shape index (κ3) is 3.09. The third-order valence-electron chi connectivity index (χ3n) is 4.20. The number of hydrogen-bond donors (Lipinski definition) is 0. The van der Waals surface area contributed by atoms with Crippen LogP contribution in [0.4, 0.5) is 0 Å². The zero-order valence-electron chi connectivity index (χ0n) is 14.8. The van der Waals surface area contributed by atoms with Gasteiger partial charge in [0.15, 0.2) is 5.65 Å². The molecule has 130 valence electrons. The maximum Gasteiger partial charge on any atom is 0.234 e. The summed E-state index contributed by atoms with van der Waals surface area (Å²) >= 11 is 0. The van der Waals surface area contributed by atoms with Crippen molar-refractivity contribution in [3.63, 3.8) is 0 Å². The Morgan fingerprint density at radius 3 is 2.44 bits per heavy atom. The summed E-state index contributed by atoms with van der Waals surface area (Å²) in [5, 5.41) is 10.6. The average molecular weight is 352 g/mol. The van der Waals surface area contributed by atoms with Crippen molar-refractivity contribution in [1.29, 1.82) is 5.26 Å². The van der Waals surface area contributed by atoms with Crippen LogP contribution in [0.2, 0.25) is 0 Å². The summed E-state index contributed by atoms with van der Waals surface area (Å²) in [5.41, 5.74) is 4.15. The van der Waals surface area contributed by atoms with Gasteiger partial charge in [-0.15, -0.1) is 0 Å². The second kappa shape index (κ2) is 7.22. The summed E-state index contributed by atoms with van der Waals surface area (Å²) in [7, 11) is 0. The molecule has 0 aliphatic rings. The first-order chi connectivity index (χ1) is 13.3. The summed E-state index contributed by atoms with van der Waals surface area (Å²) in [6.45, 7) is 2.29. The maximum absolute atomic E-state index is 9.78. The molecule has 0 aliphatic carbocycles. The molecule has 0 N–H and O–H groups in total. The first-order valence-corrected chi connectivity index (χ1v) is 8.66. The Labute approximate surface area is 156 Å². The maximum atomic E-state index is 9.78. The number of pyridine rings is 3. The van der Waals surface area contributed by atoms with Gasteiger partial charge in [0.2, 0.25) is 5.88 Å². The lowest BCUT2D eigenvalue weighted by Gasteiger charge is -2.13. The van der Waals surface area contributed by atoms with E-state index in [4.69, 9.17) is 4.74 Å². The zero-order chi connectivity index (χ0) is 18.6. The van der Waals surface area contributed by atoms with E-state index < -0.39 is 0 Å². The van der Waals surface area contributed by atoms with Crippen molar-refractivity contribution in [3.05, 3.63) is 72.4 Å². The fraction of sp³-hybridized carbons (Fsp3) is 0.0909. The van der Waals surface area contributed by atoms with Crippen molar-refractivity contribution in [3.8, 4) is 34.5 Å². The van der Waals surface area contributed by atoms with Crippen LogP contribution in [0.1, 0.15) is 12.5 Å². The quantitative estimate of drug-likeness (QED) is 0.535. The van der Waals surface area contributed by atoms with Crippen molar-refractivity contribution in [2.24, 2.45) is 0 Å². The highest BCUT2D eigenvalue weighted by Crippen LogP contribution is 2.35. The summed E-state index contributed by atoms with van der Waals surface area (Å²) in [6, 6.07) is 21.6. The lowest BCUT2D eigenvalue weighted by atomic mass is 9.97. The third-order valence-corrected chi connectivity index (χ3v) is 4.20. The van der Waals surface area contributed by atoms with Gasteiger partial charge in [-0.3, -0.25) is 4.98 Å². The molecule has 1 aromatic carbocycles. The van der Waals surface area contributed by atoms with E-state index in [0.717, 1.165) is 27.9 Å². The van der Waals surface area contributed by atoms with E-state index in [9.17, 15) is 5.26 Å². The van der Waals surface area contributed by atoms with Crippen molar-refractivity contribution >= 4 is 11.0 Å². The fourth-order valence-corrected chi connectivity index (χ4v) is 3.03. The highest BCUT2D eigenvalue weighted by molar-refractivity contribution is 5.97. The molecule has 0 saturated carbocycles. The van der Waals surface area contributed by atoms with Crippen molar-refractivity contribution in [1.82, 2.24) is 15.0 Å². The number of aromatic nitrogens is 3. The highest BCUT2D eigenvalue weighted by Gasteiger charge is 2.19. The van der Waals surface area contributed by atoms with Crippen LogP contribution in [0.25, 0.3) is 33.5 Å². The van der Waals surface area contributed by atoms with Gasteiger partial charge < -0.3 is 4.74 Å². The van der Waals surface area contributed by atoms with Crippen LogP contribution in [0.15, 0.2) is 66.9 Å². The minimum absolute atomic E-state index is 0.303. The number of nitriles is 1. The van der Waals surface area contributed by atoms with Crippen LogP contribution < -0.4 is 4.74 Å². The predicted molar refractivity (Wildman–Crippen MR) is 104 cm³/mol. The monoisotopic (exact) mass is 352 g/mol. The molecule has 0 bridgehead atoms. The first-order valence-electron chi connectivity index (χ1n) is 8.66. The van der Waals surface area contributed by atoms with Crippen LogP contribution in [0, 0.1) is 11.3 Å². The molecule has 0 atom stereocenters. The van der Waals surface area contributed by atoms with E-state index in [1.807, 2.05) is 67.6 Å². The molecular weight excluding hydrogens is 336 g/mol. The lowest BCUT2D eigenvalue weighted by Crippen LogP contribution is -2.02. The van der Waals surface area contributed by atoms with Gasteiger partial charge in [-0.1, -0.05) is 36.4 Å². The molecule has 0 amide bonds. The van der Waals surface area contributed by atoms with Crippen molar-refractivity contribution in [2.75, 3.05) is 6.61 Å². The molecule has 3 heterocycles. The number of rotatable bonds is 4. The Balaban J connectivity index is 2.03. The van der Waals surface area contributed by atoms with Gasteiger partial charge in [-0.25, -0.2) is 4.98 Å². The smallest absolute Gasteiger partial charge is 0.234 e. The first kappa shape index (κ1) is 16.7. The average Bonchev–Trinajstić information content (AvgIpc) is 2.74. The normalized spacial score (nSPS) is 10.5. The van der Waals surface area contributed by atoms with E-state index in [0.29, 0.717) is 23.7 Å². The second-order valence-electron chi connectivity index (χ2n) is 5.86. The molecule has 0 fully saturated rings. The van der Waals surface area contributed by atoms with E-state index in [-0.39, 0.29) is 0 Å². The molecule has 0 radical (unpaired) electrons. The molecule has 5 heteroatoms. The van der Waals surface area contributed by atoms with Gasteiger partial charge in [-0.2, -0.15) is 10.2 Å². The number of hydrogen-bond acceptors (Lipinski definition) is 5. The Morgan fingerprint density at radius 1 is 0.926 bits per heavy atom. The molecule has 0 aliphatic heterocycles. The van der Waals surface area contributed by atoms with Crippen LogP contribution in [0.3, 0.4) is 0 Å². The Morgan fingerprint density at radius 2 is 1.74 bits per heavy atom. The molecule has 4 aromatic rings. The number of fused-ring (bicyclic) bond motifs is 1. The molecule has 27 heavy (non-hydrogen) atoms. The van der Waals surface area contributed by atoms with Gasteiger partial charge in [0.05, 0.1) is 18.0 Å². The van der Waals surface area contributed by atoms with E-state index in [2.05, 4.69) is 21.0 Å². The number of nitrogens with zero attached hydrogens (tertiary/aromatic N) is 4. The Bertz CT molecular complexity index is 1140. The van der Waals surface area contributed by atoms with Gasteiger partial charge in [-0.05, 0) is 36.8 Å². The number of ether oxygens (including phenoxy) is 1. The molecule has 3 aromatic heterocycles. The summed E-state index contributed by atoms with van der Waals surface area (Å²) in [4.78, 5) is 13.6. The number of benzene rings is 1. The van der Waals surface area contributed by atoms with Crippen molar-refractivity contribution in [2.45, 2.75) is 6.92 Å². The predicted octanol–water partition coefficient (Wildman–Crippen LogP) is 4.63. The van der Waals surface area contributed by atoms with Gasteiger partial charge in [0.25, 0.3) is 0 Å². The van der Waals surface area contributed by atoms with E-state index >= 15 is 0 Å². The highest BCUT2D eigenvalue weighted by atomic mass is 16.5. The van der Waals surface area contributed by atoms with E-state index in [1.165, 1.54) is 0 Å². The molecular formula is C22H16N4O. The molecule has 4 rings (SSSR count). The second-order valence-corrected chi connectivity index (χ2v) is 5.86. The zero-order valence-corrected chi connectivity index (χ0v) is 14.8. The van der Waals surface area contributed by atoms with Crippen LogP contribution >= 0.6 is 0 Å². The molecule has 0 unspecified atom stereocenters. The topological polar surface area (TPSA) is 71.7 Å². The molecule has 0 saturated heterocycles. The summed E-state index contributed by atoms with van der Waals surface area (Å²) in [5.74, 6) is 0.303. The van der Waals surface area contributed by atoms with Crippen molar-refractivity contribution < 1.29 is 4.74 Å². The van der Waals surface area contributed by atoms with Gasteiger partial charge in [0, 0.05) is 17.1 Å². The van der Waals surface area contributed by atoms with Crippen LogP contribution in [0.5, 0.6) is 5.88 Å². The van der Waals surface area contributed by atoms with E-state index in [1.54, 1.807) is 6.20 Å². The van der Waals surface area contributed by atoms with Crippen LogP contribution in [-0.2, 0) is 0 Å². The summed E-state index contributed by atoms with van der Waals surface area (Å²) < 4.78 is 5.65. The Kier molecular flexibility index (Phi) is 4.46. The molecule has 5 nitrogen and oxygen atoms in total. The largest absolute Gasteiger partial charge is 0.477 e.